The Morgan fingerprint density at radius 1 is 1.27 bits per heavy atom. The zero-order valence-corrected chi connectivity index (χ0v) is 15.3. The number of aliphatic imine (C=N–C) groups is 1. The summed E-state index contributed by atoms with van der Waals surface area (Å²) in [5, 5.41) is 13.4. The van der Waals surface area contributed by atoms with Crippen molar-refractivity contribution in [1.29, 1.82) is 0 Å². The molecule has 0 aliphatic carbocycles. The number of ether oxygens (including phenoxy) is 1. The van der Waals surface area contributed by atoms with Crippen LogP contribution >= 0.6 is 0 Å². The zero-order valence-electron chi connectivity index (χ0n) is 15.3. The molecule has 2 rings (SSSR count). The van der Waals surface area contributed by atoms with Crippen molar-refractivity contribution in [2.75, 3.05) is 45.9 Å². The van der Waals surface area contributed by atoms with Crippen LogP contribution < -0.4 is 5.32 Å². The summed E-state index contributed by atoms with van der Waals surface area (Å²) in [6.45, 7) is 7.13. The number of guanidine groups is 1. The molecule has 1 aliphatic rings. The summed E-state index contributed by atoms with van der Waals surface area (Å²) in [6.07, 6.45) is -1.31. The van der Waals surface area contributed by atoms with Crippen molar-refractivity contribution in [3.63, 3.8) is 0 Å². The van der Waals surface area contributed by atoms with Crippen molar-refractivity contribution in [1.82, 2.24) is 15.1 Å². The number of halogens is 1. The molecule has 1 saturated heterocycles. The third kappa shape index (κ3) is 5.32. The van der Waals surface area contributed by atoms with E-state index in [-0.39, 0.29) is 18.2 Å². The van der Waals surface area contributed by atoms with Crippen LogP contribution in [0.1, 0.15) is 25.5 Å². The van der Waals surface area contributed by atoms with Gasteiger partial charge >= 0.3 is 6.09 Å². The predicted molar refractivity (Wildman–Crippen MR) is 97.5 cm³/mol. The number of hydrogen-bond donors (Lipinski definition) is 2. The highest BCUT2D eigenvalue weighted by atomic mass is 19.1. The molecule has 144 valence electrons. The number of aliphatic hydroxyl groups excluding tert-OH is 1. The van der Waals surface area contributed by atoms with Crippen LogP contribution in [0.15, 0.2) is 29.3 Å². The molecule has 1 aromatic rings. The molecule has 7 nitrogen and oxygen atoms in total. The monoisotopic (exact) mass is 366 g/mol. The second-order valence-electron chi connectivity index (χ2n) is 5.90. The first kappa shape index (κ1) is 20.0. The van der Waals surface area contributed by atoms with E-state index >= 15 is 0 Å². The van der Waals surface area contributed by atoms with E-state index in [2.05, 4.69) is 10.3 Å². The molecule has 0 bridgehead atoms. The molecule has 1 aliphatic heterocycles. The minimum absolute atomic E-state index is 0.0569. The summed E-state index contributed by atoms with van der Waals surface area (Å²) in [6, 6.07) is 6.15. The van der Waals surface area contributed by atoms with Gasteiger partial charge in [-0.2, -0.15) is 0 Å². The fourth-order valence-electron chi connectivity index (χ4n) is 2.76. The van der Waals surface area contributed by atoms with Crippen molar-refractivity contribution >= 4 is 12.1 Å². The molecule has 0 aromatic heterocycles. The van der Waals surface area contributed by atoms with Crippen LogP contribution in [0.4, 0.5) is 9.18 Å². The number of aliphatic hydroxyl groups is 1. The number of rotatable bonds is 5. The van der Waals surface area contributed by atoms with Crippen molar-refractivity contribution in [3.8, 4) is 0 Å². The van der Waals surface area contributed by atoms with Gasteiger partial charge in [0.15, 0.2) is 5.96 Å². The molecule has 0 spiro atoms. The lowest BCUT2D eigenvalue weighted by Gasteiger charge is -2.36. The van der Waals surface area contributed by atoms with Gasteiger partial charge < -0.3 is 25.0 Å². The molecule has 2 N–H and O–H groups in total. The third-order valence-electron chi connectivity index (χ3n) is 4.12. The lowest BCUT2D eigenvalue weighted by molar-refractivity contribution is 0.0914. The van der Waals surface area contributed by atoms with Crippen molar-refractivity contribution in [2.45, 2.75) is 20.0 Å². The number of piperazine rings is 1. The maximum absolute atomic E-state index is 13.8. The van der Waals surface area contributed by atoms with Crippen LogP contribution in [0.3, 0.4) is 0 Å². The smallest absolute Gasteiger partial charge is 0.409 e. The Morgan fingerprint density at radius 3 is 2.54 bits per heavy atom. The molecular formula is C18H27FN4O3. The summed E-state index contributed by atoms with van der Waals surface area (Å²) in [5.41, 5.74) is 0.235. The fourth-order valence-corrected chi connectivity index (χ4v) is 2.76. The Bertz CT molecular complexity index is 618. The lowest BCUT2D eigenvalue weighted by Crippen LogP contribution is -2.54. The van der Waals surface area contributed by atoms with Crippen molar-refractivity contribution in [2.24, 2.45) is 4.99 Å². The average molecular weight is 366 g/mol. The number of amides is 1. The summed E-state index contributed by atoms with van der Waals surface area (Å²) in [4.78, 5) is 19.9. The van der Waals surface area contributed by atoms with Gasteiger partial charge in [-0.3, -0.25) is 4.99 Å². The lowest BCUT2D eigenvalue weighted by atomic mass is 10.1. The number of nitrogens with one attached hydrogen (secondary N) is 1. The predicted octanol–water partition coefficient (Wildman–Crippen LogP) is 1.60. The molecule has 1 heterocycles. The summed E-state index contributed by atoms with van der Waals surface area (Å²) in [5.74, 6) is 0.203. The van der Waals surface area contributed by atoms with Crippen molar-refractivity contribution < 1.29 is 19.0 Å². The summed E-state index contributed by atoms with van der Waals surface area (Å²) >= 11 is 0. The Balaban J connectivity index is 1.97. The highest BCUT2D eigenvalue weighted by Crippen LogP contribution is 2.17. The van der Waals surface area contributed by atoms with Gasteiger partial charge in [-0.25, -0.2) is 9.18 Å². The minimum Gasteiger partial charge on any atom is -0.450 e. The molecule has 0 radical (unpaired) electrons. The molecule has 1 amide bonds. The first-order valence-corrected chi connectivity index (χ1v) is 8.94. The van der Waals surface area contributed by atoms with Gasteiger partial charge in [-0.15, -0.1) is 0 Å². The highest BCUT2D eigenvalue weighted by molar-refractivity contribution is 5.80. The van der Waals surface area contributed by atoms with Crippen LogP contribution in [0, 0.1) is 5.82 Å². The topological polar surface area (TPSA) is 77.4 Å². The minimum atomic E-state index is -1.01. The van der Waals surface area contributed by atoms with E-state index in [4.69, 9.17) is 4.74 Å². The Hall–Kier alpha value is -2.35. The second-order valence-corrected chi connectivity index (χ2v) is 5.90. The van der Waals surface area contributed by atoms with E-state index in [1.165, 1.54) is 6.07 Å². The number of nitrogens with zero attached hydrogens (tertiary/aromatic N) is 3. The summed E-state index contributed by atoms with van der Waals surface area (Å²) in [7, 11) is 0. The standard InChI is InChI=1S/C18H27FN4O3/c1-3-20-17(21-13-16(24)14-7-5-6-8-15(14)19)22-9-11-23(12-10-22)18(25)26-4-2/h5-8,16,24H,3-4,9-13H2,1-2H3,(H,20,21). The molecule has 0 saturated carbocycles. The van der Waals surface area contributed by atoms with Crippen molar-refractivity contribution in [3.05, 3.63) is 35.6 Å². The van der Waals surface area contributed by atoms with Gasteiger partial charge in [-0.05, 0) is 19.9 Å². The van der Waals surface area contributed by atoms with Gasteiger partial charge in [0.2, 0.25) is 0 Å². The van der Waals surface area contributed by atoms with Gasteiger partial charge in [0.1, 0.15) is 11.9 Å². The zero-order chi connectivity index (χ0) is 18.9. The van der Waals surface area contributed by atoms with Gasteiger partial charge in [-0.1, -0.05) is 18.2 Å². The second kappa shape index (κ2) is 9.96. The van der Waals surface area contributed by atoms with Crippen LogP contribution in [-0.4, -0.2) is 72.8 Å². The van der Waals surface area contributed by atoms with Gasteiger partial charge in [0, 0.05) is 38.3 Å². The maximum atomic E-state index is 13.8. The molecule has 1 fully saturated rings. The normalized spacial score (nSPS) is 16.4. The number of carbonyl (C=O) groups is 1. The van der Waals surface area contributed by atoms with E-state index in [0.717, 1.165) is 0 Å². The Labute approximate surface area is 153 Å². The molecule has 1 atom stereocenters. The fraction of sp³-hybridized carbons (Fsp3) is 0.556. The van der Waals surface area contributed by atoms with Gasteiger partial charge in [0.25, 0.3) is 0 Å². The Morgan fingerprint density at radius 2 is 1.92 bits per heavy atom. The van der Waals surface area contributed by atoms with E-state index < -0.39 is 11.9 Å². The first-order valence-electron chi connectivity index (χ1n) is 8.94. The van der Waals surface area contributed by atoms with E-state index in [0.29, 0.717) is 45.3 Å². The first-order chi connectivity index (χ1) is 12.6. The van der Waals surface area contributed by atoms with Gasteiger partial charge in [0.05, 0.1) is 13.2 Å². The third-order valence-corrected chi connectivity index (χ3v) is 4.12. The SMILES string of the molecule is CCNC(=NCC(O)c1ccccc1F)N1CCN(C(=O)OCC)CC1. The number of hydrogen-bond acceptors (Lipinski definition) is 4. The molecular weight excluding hydrogens is 339 g/mol. The average Bonchev–Trinajstić information content (AvgIpc) is 2.65. The molecule has 8 heteroatoms. The number of benzene rings is 1. The van der Waals surface area contributed by atoms with Crippen LogP contribution in [0.5, 0.6) is 0 Å². The summed E-state index contributed by atoms with van der Waals surface area (Å²) < 4.78 is 18.8. The number of carbonyl (C=O) groups excluding carboxylic acids is 1. The molecule has 1 unspecified atom stereocenters. The van der Waals surface area contributed by atoms with E-state index in [1.54, 1.807) is 30.0 Å². The Kier molecular flexibility index (Phi) is 7.65. The van der Waals surface area contributed by atoms with E-state index in [1.807, 2.05) is 11.8 Å². The highest BCUT2D eigenvalue weighted by Gasteiger charge is 2.24. The van der Waals surface area contributed by atoms with Crippen LogP contribution in [-0.2, 0) is 4.74 Å². The molecule has 1 aromatic carbocycles. The molecule has 26 heavy (non-hydrogen) atoms. The van der Waals surface area contributed by atoms with Crippen LogP contribution in [0.25, 0.3) is 0 Å². The quantitative estimate of drug-likeness (QED) is 0.611. The maximum Gasteiger partial charge on any atom is 0.409 e. The van der Waals surface area contributed by atoms with Crippen LogP contribution in [0.2, 0.25) is 0 Å². The largest absolute Gasteiger partial charge is 0.450 e. The van der Waals surface area contributed by atoms with E-state index in [9.17, 15) is 14.3 Å².